The van der Waals surface area contributed by atoms with E-state index in [0.717, 1.165) is 36.6 Å². The standard InChI is InChI=1S/C30H37NOS/c1-6-8-10-24-14-13-23(4)29(18-24)33-30-19-27(15-16-28(30)22(3)7-2)31(5)20-25-11-9-12-26(17-25)21-32/h9-19,22,32H,4,6-8,20-21H2,1-3,5H3. The van der Waals surface area contributed by atoms with Crippen LogP contribution in [-0.2, 0) is 13.2 Å². The van der Waals surface area contributed by atoms with Crippen molar-refractivity contribution in [1.29, 1.82) is 0 Å². The van der Waals surface area contributed by atoms with Crippen molar-refractivity contribution < 1.29 is 5.11 Å². The van der Waals surface area contributed by atoms with Gasteiger partial charge in [-0.05, 0) is 64.1 Å². The van der Waals surface area contributed by atoms with Crippen molar-refractivity contribution >= 4 is 30.1 Å². The molecule has 0 saturated carbocycles. The van der Waals surface area contributed by atoms with Gasteiger partial charge in [-0.15, -0.1) is 0 Å². The highest BCUT2D eigenvalue weighted by atomic mass is 32.2. The molecule has 174 valence electrons. The zero-order chi connectivity index (χ0) is 23.8. The van der Waals surface area contributed by atoms with Gasteiger partial charge in [0.15, 0.2) is 0 Å². The summed E-state index contributed by atoms with van der Waals surface area (Å²) in [5.41, 5.74) is 4.73. The van der Waals surface area contributed by atoms with E-state index in [-0.39, 0.29) is 6.61 Å². The Labute approximate surface area is 203 Å². The molecule has 0 aliphatic carbocycles. The fraction of sp³-hybridized carbons (Fsp3) is 0.333. The van der Waals surface area contributed by atoms with Gasteiger partial charge in [0.25, 0.3) is 0 Å². The maximum atomic E-state index is 9.46. The van der Waals surface area contributed by atoms with Crippen molar-refractivity contribution in [3.8, 4) is 0 Å². The van der Waals surface area contributed by atoms with E-state index in [2.05, 4.69) is 93.9 Å². The van der Waals surface area contributed by atoms with Crippen LogP contribution in [0.5, 0.6) is 0 Å². The average Bonchev–Trinajstić information content (AvgIpc) is 2.84. The molecule has 0 radical (unpaired) electrons. The quantitative estimate of drug-likeness (QED) is 0.376. The van der Waals surface area contributed by atoms with Gasteiger partial charge in [0.1, 0.15) is 0 Å². The topological polar surface area (TPSA) is 23.5 Å². The van der Waals surface area contributed by atoms with Gasteiger partial charge in [0.2, 0.25) is 0 Å². The zero-order valence-electron chi connectivity index (χ0n) is 20.5. The SMILES string of the molecule is C=c1ccc(=CCCC)cc1Sc1cc(N(C)Cc2cccc(CO)c2)ccc1C(C)CC. The second-order valence-electron chi connectivity index (χ2n) is 8.83. The molecule has 1 atom stereocenters. The molecule has 3 heteroatoms. The number of hydrogen-bond donors (Lipinski definition) is 1. The number of aliphatic hydroxyl groups excluding tert-OH is 1. The van der Waals surface area contributed by atoms with Crippen molar-refractivity contribution in [2.24, 2.45) is 0 Å². The van der Waals surface area contributed by atoms with Crippen molar-refractivity contribution in [2.75, 3.05) is 11.9 Å². The molecule has 0 aliphatic rings. The van der Waals surface area contributed by atoms with Gasteiger partial charge in [0.05, 0.1) is 6.61 Å². The predicted molar refractivity (Wildman–Crippen MR) is 144 cm³/mol. The first-order valence-electron chi connectivity index (χ1n) is 12.0. The van der Waals surface area contributed by atoms with Crippen LogP contribution < -0.4 is 15.3 Å². The normalized spacial score (nSPS) is 12.7. The first-order chi connectivity index (χ1) is 15.9. The second kappa shape index (κ2) is 12.1. The molecule has 3 aromatic rings. The summed E-state index contributed by atoms with van der Waals surface area (Å²) in [5.74, 6) is 0.496. The molecule has 0 bridgehead atoms. The molecular formula is C30H37NOS. The summed E-state index contributed by atoms with van der Waals surface area (Å²) in [6.45, 7) is 11.9. The van der Waals surface area contributed by atoms with Crippen LogP contribution >= 0.6 is 11.8 Å². The molecule has 33 heavy (non-hydrogen) atoms. The second-order valence-corrected chi connectivity index (χ2v) is 9.91. The fourth-order valence-corrected chi connectivity index (χ4v) is 5.09. The first-order valence-corrected chi connectivity index (χ1v) is 12.8. The van der Waals surface area contributed by atoms with Crippen LogP contribution in [-0.4, -0.2) is 12.2 Å². The largest absolute Gasteiger partial charge is 0.392 e. The third kappa shape index (κ3) is 6.75. The van der Waals surface area contributed by atoms with E-state index in [1.165, 1.54) is 31.8 Å². The number of benzene rings is 3. The molecule has 0 heterocycles. The Bertz CT molecular complexity index is 1170. The molecule has 1 N–H and O–H groups in total. The lowest BCUT2D eigenvalue weighted by atomic mass is 9.98. The van der Waals surface area contributed by atoms with Crippen molar-refractivity contribution in [1.82, 2.24) is 0 Å². The number of unbranched alkanes of at least 4 members (excludes halogenated alkanes) is 1. The fourth-order valence-electron chi connectivity index (χ4n) is 3.89. The molecule has 0 spiro atoms. The molecule has 0 aliphatic heterocycles. The minimum Gasteiger partial charge on any atom is -0.392 e. The molecule has 1 unspecified atom stereocenters. The highest BCUT2D eigenvalue weighted by Crippen LogP contribution is 2.36. The van der Waals surface area contributed by atoms with Crippen LogP contribution in [0.25, 0.3) is 12.7 Å². The average molecular weight is 460 g/mol. The van der Waals surface area contributed by atoms with E-state index < -0.39 is 0 Å². The molecule has 3 rings (SSSR count). The molecular weight excluding hydrogens is 422 g/mol. The van der Waals surface area contributed by atoms with Crippen LogP contribution in [0.1, 0.15) is 62.6 Å². The van der Waals surface area contributed by atoms with Crippen LogP contribution in [0.4, 0.5) is 5.69 Å². The van der Waals surface area contributed by atoms with E-state index in [4.69, 9.17) is 0 Å². The number of nitrogens with zero attached hydrogens (tertiary/aromatic N) is 1. The monoisotopic (exact) mass is 459 g/mol. The summed E-state index contributed by atoms with van der Waals surface area (Å²) in [7, 11) is 2.13. The van der Waals surface area contributed by atoms with Crippen molar-refractivity contribution in [3.05, 3.63) is 87.8 Å². The smallest absolute Gasteiger partial charge is 0.0681 e. The number of aliphatic hydroxyl groups is 1. The van der Waals surface area contributed by atoms with Gasteiger partial charge >= 0.3 is 0 Å². The van der Waals surface area contributed by atoms with Crippen LogP contribution in [0, 0.1) is 0 Å². The van der Waals surface area contributed by atoms with Gasteiger partial charge in [-0.3, -0.25) is 0 Å². The van der Waals surface area contributed by atoms with Crippen LogP contribution in [0.2, 0.25) is 0 Å². The lowest BCUT2D eigenvalue weighted by Gasteiger charge is -2.23. The molecule has 0 aromatic heterocycles. The Morgan fingerprint density at radius 3 is 2.52 bits per heavy atom. The maximum absolute atomic E-state index is 9.46. The first kappa shape index (κ1) is 25.1. The maximum Gasteiger partial charge on any atom is 0.0681 e. The van der Waals surface area contributed by atoms with Gasteiger partial charge in [-0.1, -0.05) is 94.1 Å². The highest BCUT2D eigenvalue weighted by Gasteiger charge is 2.14. The third-order valence-corrected chi connectivity index (χ3v) is 7.33. The summed E-state index contributed by atoms with van der Waals surface area (Å²) in [6, 6.07) is 21.6. The number of hydrogen-bond acceptors (Lipinski definition) is 3. The summed E-state index contributed by atoms with van der Waals surface area (Å²) in [4.78, 5) is 4.80. The van der Waals surface area contributed by atoms with Crippen LogP contribution in [0.15, 0.2) is 70.5 Å². The Balaban J connectivity index is 1.94. The minimum absolute atomic E-state index is 0.0735. The van der Waals surface area contributed by atoms with E-state index in [1.807, 2.05) is 23.9 Å². The molecule has 3 aromatic carbocycles. The Morgan fingerprint density at radius 2 is 1.79 bits per heavy atom. The lowest BCUT2D eigenvalue weighted by Crippen LogP contribution is -2.17. The molecule has 0 amide bonds. The van der Waals surface area contributed by atoms with Crippen LogP contribution in [0.3, 0.4) is 0 Å². The minimum atomic E-state index is 0.0735. The van der Waals surface area contributed by atoms with E-state index in [0.29, 0.717) is 5.92 Å². The van der Waals surface area contributed by atoms with E-state index >= 15 is 0 Å². The Morgan fingerprint density at radius 1 is 1.00 bits per heavy atom. The molecule has 2 nitrogen and oxygen atoms in total. The van der Waals surface area contributed by atoms with Gasteiger partial charge in [-0.2, -0.15) is 0 Å². The summed E-state index contributed by atoms with van der Waals surface area (Å²) in [6.07, 6.45) is 5.67. The van der Waals surface area contributed by atoms with Gasteiger partial charge in [-0.25, -0.2) is 0 Å². The third-order valence-electron chi connectivity index (χ3n) is 6.15. The number of rotatable bonds is 10. The van der Waals surface area contributed by atoms with E-state index in [1.54, 1.807) is 0 Å². The molecule has 0 saturated heterocycles. The molecule has 0 fully saturated rings. The lowest BCUT2D eigenvalue weighted by molar-refractivity contribution is 0.281. The van der Waals surface area contributed by atoms with Gasteiger partial charge in [0, 0.05) is 29.1 Å². The summed E-state index contributed by atoms with van der Waals surface area (Å²) < 4.78 is 0. The van der Waals surface area contributed by atoms with E-state index in [9.17, 15) is 5.11 Å². The Kier molecular flexibility index (Phi) is 9.22. The van der Waals surface area contributed by atoms with Gasteiger partial charge < -0.3 is 10.0 Å². The van der Waals surface area contributed by atoms with Crippen molar-refractivity contribution in [3.63, 3.8) is 0 Å². The Hall–Kier alpha value is -2.49. The summed E-state index contributed by atoms with van der Waals surface area (Å²) >= 11 is 1.83. The highest BCUT2D eigenvalue weighted by molar-refractivity contribution is 7.99. The predicted octanol–water partition coefficient (Wildman–Crippen LogP) is 6.47. The number of anilines is 1. The zero-order valence-corrected chi connectivity index (χ0v) is 21.3. The summed E-state index contributed by atoms with van der Waals surface area (Å²) in [5, 5.41) is 11.8. The van der Waals surface area contributed by atoms with Crippen molar-refractivity contribution in [2.45, 2.75) is 68.9 Å².